The minimum atomic E-state index is -0.0516. The van der Waals surface area contributed by atoms with E-state index in [9.17, 15) is 4.79 Å². The van der Waals surface area contributed by atoms with Crippen LogP contribution >= 0.6 is 0 Å². The highest BCUT2D eigenvalue weighted by Crippen LogP contribution is 2.35. The van der Waals surface area contributed by atoms with Gasteiger partial charge >= 0.3 is 6.03 Å². The zero-order valence-electron chi connectivity index (χ0n) is 18.7. The van der Waals surface area contributed by atoms with E-state index in [-0.39, 0.29) is 18.1 Å². The number of nitrogens with one attached hydrogen (secondary N) is 1. The molecule has 1 aromatic heterocycles. The molecule has 1 saturated heterocycles. The number of amides is 2. The average molecular weight is 435 g/mol. The van der Waals surface area contributed by atoms with Crippen LogP contribution in [0, 0.1) is 0 Å². The van der Waals surface area contributed by atoms with E-state index >= 15 is 0 Å². The number of aromatic nitrogens is 2. The fourth-order valence-electron chi connectivity index (χ4n) is 4.83. The van der Waals surface area contributed by atoms with Gasteiger partial charge in [0.2, 0.25) is 0 Å². The molecule has 2 heterocycles. The molecule has 5 rings (SSSR count). The van der Waals surface area contributed by atoms with Gasteiger partial charge in [0, 0.05) is 26.1 Å². The van der Waals surface area contributed by atoms with Gasteiger partial charge in [0.25, 0.3) is 0 Å². The lowest BCUT2D eigenvalue weighted by atomic mass is 9.96. The molecular weight excluding hydrogens is 404 g/mol. The van der Waals surface area contributed by atoms with Gasteiger partial charge in [-0.3, -0.25) is 0 Å². The first-order valence-corrected chi connectivity index (χ1v) is 11.4. The summed E-state index contributed by atoms with van der Waals surface area (Å²) in [5.74, 6) is 2.61. The standard InChI is InChI=1S/C25H30N4O3/c1-28-21-10-6-5-9-20(21)27-24(28)16-29-15-18(14-26-25(29)30)17-11-12-22(31-2)23(13-17)32-19-7-3-4-8-19/h5-6,9-13,18-19H,3-4,7-8,14-16H2,1-2H3,(H,26,30). The van der Waals surface area contributed by atoms with Crippen molar-refractivity contribution < 1.29 is 14.3 Å². The molecule has 2 aliphatic rings. The highest BCUT2D eigenvalue weighted by Gasteiger charge is 2.28. The third-order valence-corrected chi connectivity index (χ3v) is 6.69. The third kappa shape index (κ3) is 3.99. The molecule has 1 aliphatic carbocycles. The predicted octanol–water partition coefficient (Wildman–Crippen LogP) is 4.21. The van der Waals surface area contributed by atoms with Crippen molar-refractivity contribution in [2.45, 2.75) is 44.2 Å². The van der Waals surface area contributed by atoms with Crippen molar-refractivity contribution >= 4 is 17.1 Å². The van der Waals surface area contributed by atoms with Crippen LogP contribution in [0.25, 0.3) is 11.0 Å². The second-order valence-corrected chi connectivity index (χ2v) is 8.77. The molecule has 2 amide bonds. The minimum absolute atomic E-state index is 0.0516. The average Bonchev–Trinajstić information content (AvgIpc) is 3.43. The number of methoxy groups -OCH3 is 1. The zero-order chi connectivity index (χ0) is 22.1. The van der Waals surface area contributed by atoms with Crippen molar-refractivity contribution in [2.24, 2.45) is 7.05 Å². The molecule has 7 heteroatoms. The van der Waals surface area contributed by atoms with Gasteiger partial charge in [-0.2, -0.15) is 0 Å². The van der Waals surface area contributed by atoms with Crippen molar-refractivity contribution in [3.63, 3.8) is 0 Å². The number of hydrogen-bond donors (Lipinski definition) is 1. The number of carbonyl (C=O) groups excluding carboxylic acids is 1. The van der Waals surface area contributed by atoms with E-state index in [4.69, 9.17) is 14.5 Å². The van der Waals surface area contributed by atoms with Crippen LogP contribution in [0.3, 0.4) is 0 Å². The summed E-state index contributed by atoms with van der Waals surface area (Å²) in [6.45, 7) is 1.70. The Morgan fingerprint density at radius 2 is 1.94 bits per heavy atom. The molecule has 1 aliphatic heterocycles. The molecule has 1 N–H and O–H groups in total. The maximum atomic E-state index is 12.6. The molecule has 168 valence electrons. The second kappa shape index (κ2) is 8.73. The van der Waals surface area contributed by atoms with Crippen molar-refractivity contribution in [1.82, 2.24) is 19.8 Å². The Morgan fingerprint density at radius 3 is 2.72 bits per heavy atom. The summed E-state index contributed by atoms with van der Waals surface area (Å²) in [5, 5.41) is 3.05. The van der Waals surface area contributed by atoms with E-state index in [0.29, 0.717) is 19.6 Å². The summed E-state index contributed by atoms with van der Waals surface area (Å²) in [7, 11) is 3.68. The molecule has 1 atom stereocenters. The number of fused-ring (bicyclic) bond motifs is 1. The van der Waals surface area contributed by atoms with E-state index in [2.05, 4.69) is 22.0 Å². The monoisotopic (exact) mass is 434 g/mol. The van der Waals surface area contributed by atoms with E-state index in [1.807, 2.05) is 42.3 Å². The Kier molecular flexibility index (Phi) is 5.64. The van der Waals surface area contributed by atoms with Crippen molar-refractivity contribution in [2.75, 3.05) is 20.2 Å². The summed E-state index contributed by atoms with van der Waals surface area (Å²) in [4.78, 5) is 19.2. The molecule has 3 aromatic rings. The lowest BCUT2D eigenvalue weighted by molar-refractivity contribution is 0.174. The highest BCUT2D eigenvalue weighted by atomic mass is 16.5. The molecule has 2 aromatic carbocycles. The van der Waals surface area contributed by atoms with Gasteiger partial charge in [-0.25, -0.2) is 9.78 Å². The van der Waals surface area contributed by atoms with Crippen molar-refractivity contribution in [1.29, 1.82) is 0 Å². The smallest absolute Gasteiger partial charge is 0.317 e. The second-order valence-electron chi connectivity index (χ2n) is 8.77. The van der Waals surface area contributed by atoms with Gasteiger partial charge in [-0.15, -0.1) is 0 Å². The lowest BCUT2D eigenvalue weighted by Crippen LogP contribution is -2.49. The SMILES string of the molecule is COc1ccc(C2CNC(=O)N(Cc3nc4ccccc4n3C)C2)cc1OC1CCCC1. The van der Waals surface area contributed by atoms with Crippen LogP contribution in [0.15, 0.2) is 42.5 Å². The molecule has 0 radical (unpaired) electrons. The van der Waals surface area contributed by atoms with Gasteiger partial charge in [-0.05, 0) is 55.5 Å². The number of aryl methyl sites for hydroxylation is 1. The van der Waals surface area contributed by atoms with Crippen LogP contribution in [0.5, 0.6) is 11.5 Å². The number of urea groups is 1. The highest BCUT2D eigenvalue weighted by molar-refractivity contribution is 5.77. The maximum Gasteiger partial charge on any atom is 0.317 e. The fourth-order valence-corrected chi connectivity index (χ4v) is 4.83. The lowest BCUT2D eigenvalue weighted by Gasteiger charge is -2.33. The van der Waals surface area contributed by atoms with E-state index in [1.54, 1.807) is 7.11 Å². The molecule has 0 bridgehead atoms. The molecule has 0 spiro atoms. The predicted molar refractivity (Wildman–Crippen MR) is 123 cm³/mol. The number of benzene rings is 2. The van der Waals surface area contributed by atoms with Crippen LogP contribution in [0.1, 0.15) is 43.0 Å². The maximum absolute atomic E-state index is 12.6. The van der Waals surface area contributed by atoms with Crippen molar-refractivity contribution in [3.05, 3.63) is 53.9 Å². The Morgan fingerprint density at radius 1 is 1.12 bits per heavy atom. The van der Waals surface area contributed by atoms with Crippen LogP contribution < -0.4 is 14.8 Å². The van der Waals surface area contributed by atoms with Gasteiger partial charge in [0.05, 0.1) is 30.8 Å². The summed E-state index contributed by atoms with van der Waals surface area (Å²) in [5.41, 5.74) is 3.16. The zero-order valence-corrected chi connectivity index (χ0v) is 18.7. The summed E-state index contributed by atoms with van der Waals surface area (Å²) in [6, 6.07) is 14.1. The first-order valence-electron chi connectivity index (χ1n) is 11.4. The summed E-state index contributed by atoms with van der Waals surface area (Å²) >= 11 is 0. The van der Waals surface area contributed by atoms with Gasteiger partial charge in [-0.1, -0.05) is 18.2 Å². The van der Waals surface area contributed by atoms with Crippen LogP contribution in [0.2, 0.25) is 0 Å². The summed E-state index contributed by atoms with van der Waals surface area (Å²) < 4.78 is 13.9. The van der Waals surface area contributed by atoms with Crippen LogP contribution in [0.4, 0.5) is 4.79 Å². The quantitative estimate of drug-likeness (QED) is 0.631. The Bertz CT molecular complexity index is 1120. The van der Waals surface area contributed by atoms with Crippen LogP contribution in [-0.2, 0) is 13.6 Å². The molecule has 1 unspecified atom stereocenters. The van der Waals surface area contributed by atoms with Crippen molar-refractivity contribution in [3.8, 4) is 11.5 Å². The number of ether oxygens (including phenoxy) is 2. The van der Waals surface area contributed by atoms with E-state index in [1.165, 1.54) is 12.8 Å². The molecule has 1 saturated carbocycles. The largest absolute Gasteiger partial charge is 0.493 e. The first-order chi connectivity index (χ1) is 15.6. The minimum Gasteiger partial charge on any atom is -0.493 e. The van der Waals surface area contributed by atoms with Gasteiger partial charge in [0.1, 0.15) is 5.82 Å². The molecule has 2 fully saturated rings. The molecule has 7 nitrogen and oxygen atoms in total. The van der Waals surface area contributed by atoms with Gasteiger partial charge in [0.15, 0.2) is 11.5 Å². The molecular formula is C25H30N4O3. The van der Waals surface area contributed by atoms with E-state index in [0.717, 1.165) is 46.8 Å². The normalized spacial score (nSPS) is 19.4. The number of imidazole rings is 1. The third-order valence-electron chi connectivity index (χ3n) is 6.69. The summed E-state index contributed by atoms with van der Waals surface area (Å²) in [6.07, 6.45) is 4.90. The van der Waals surface area contributed by atoms with Gasteiger partial charge < -0.3 is 24.3 Å². The topological polar surface area (TPSA) is 68.6 Å². The Hall–Kier alpha value is -3.22. The number of nitrogens with zero attached hydrogens (tertiary/aromatic N) is 3. The number of hydrogen-bond acceptors (Lipinski definition) is 4. The molecule has 32 heavy (non-hydrogen) atoms. The number of rotatable bonds is 6. The Labute approximate surface area is 188 Å². The van der Waals surface area contributed by atoms with E-state index < -0.39 is 0 Å². The fraction of sp³-hybridized carbons (Fsp3) is 0.440. The number of para-hydroxylation sites is 2. The first kappa shape index (κ1) is 20.7. The Balaban J connectivity index is 1.35. The van der Waals surface area contributed by atoms with Crippen LogP contribution in [-0.4, -0.2) is 46.8 Å². The number of carbonyl (C=O) groups is 1.